The molecule has 0 bridgehead atoms. The molecule has 18 heteroatoms. The van der Waals surface area contributed by atoms with Crippen molar-refractivity contribution in [1.82, 2.24) is 39.8 Å². The lowest BCUT2D eigenvalue weighted by atomic mass is 9.87. The molecule has 0 radical (unpaired) electrons. The number of aromatic nitrogens is 2. The molecule has 1 aliphatic carbocycles. The summed E-state index contributed by atoms with van der Waals surface area (Å²) in [7, 11) is 10.4. The predicted molar refractivity (Wildman–Crippen MR) is 278 cm³/mol. The van der Waals surface area contributed by atoms with Gasteiger partial charge in [-0.1, -0.05) is 66.9 Å². The topological polar surface area (TPSA) is 159 Å². The lowest BCUT2D eigenvalue weighted by Crippen LogP contribution is -2.58. The zero-order valence-corrected chi connectivity index (χ0v) is 43.9. The zero-order chi connectivity index (χ0) is 53.2. The molecule has 4 aromatic carbocycles. The lowest BCUT2D eigenvalue weighted by molar-refractivity contribution is -0.147. The third kappa shape index (κ3) is 13.7. The van der Waals surface area contributed by atoms with Gasteiger partial charge in [-0.3, -0.25) is 24.0 Å². The van der Waals surface area contributed by atoms with Crippen molar-refractivity contribution in [3.05, 3.63) is 136 Å². The van der Waals surface area contributed by atoms with Crippen molar-refractivity contribution in [2.24, 2.45) is 13.0 Å². The largest absolute Gasteiger partial charge is 0.457 e. The van der Waals surface area contributed by atoms with E-state index in [4.69, 9.17) is 21.1 Å². The number of ether oxygens (including phenoxy) is 2. The number of rotatable bonds is 13. The SMILES string of the molecule is COC[C@@H]1NC(=O)[C@H](C)N(Cc2c(F)cc(F)cc2Oc2ccc(-c3cnc(CN(C)C)n3C)cc2)C(=O)C[C@@H](Cc2ccccc2)C(=O)N(C)[C@H]2CCCC[C@@H]2NC(=O)C[C@H](Cc2ccc(Cl)cc2)N(C)C1=O. The van der Waals surface area contributed by atoms with Crippen molar-refractivity contribution >= 4 is 41.1 Å². The molecule has 2 aliphatic rings. The van der Waals surface area contributed by atoms with Gasteiger partial charge in [0.15, 0.2) is 0 Å². The minimum atomic E-state index is -1.41. The van der Waals surface area contributed by atoms with Gasteiger partial charge in [-0.05, 0) is 94.2 Å². The van der Waals surface area contributed by atoms with E-state index in [-0.39, 0.29) is 54.7 Å². The van der Waals surface area contributed by atoms with Gasteiger partial charge >= 0.3 is 0 Å². The summed E-state index contributed by atoms with van der Waals surface area (Å²) in [6, 6.07) is 20.6. The number of nitrogens with one attached hydrogen (secondary N) is 2. The highest BCUT2D eigenvalue weighted by atomic mass is 35.5. The lowest BCUT2D eigenvalue weighted by Gasteiger charge is -2.40. The predicted octanol–water partition coefficient (Wildman–Crippen LogP) is 7.33. The standard InChI is InChI=1S/C56H67ClF2N8O7/c1-35-54(70)62-47(34-73-7)56(72)64(4)42(26-37-17-21-40(57)22-18-37)30-52(68)61-46-15-11-12-16-48(46)66(6)55(71)39(25-36-13-9-8-10-14-36)27-53(69)67(35)32-44-45(59)28-41(58)29-50(44)74-43-23-19-38(20-24-43)49-31-60-51(65(49)5)33-63(2)3/h8-10,13-14,17-24,28-29,31,35,39,42,46-48H,11-12,15-16,25-27,30,32-34H2,1-7H3,(H,61,68)(H,62,70)/t35-,39+,42-,46-,47-,48-/m0/s1. The van der Waals surface area contributed by atoms with Crippen LogP contribution in [0.3, 0.4) is 0 Å². The second-order valence-corrected chi connectivity index (χ2v) is 20.2. The molecule has 1 saturated carbocycles. The third-order valence-electron chi connectivity index (χ3n) is 14.2. The maximum atomic E-state index is 16.4. The maximum Gasteiger partial charge on any atom is 0.247 e. The van der Waals surface area contributed by atoms with Crippen LogP contribution in [0.25, 0.3) is 11.3 Å². The fraction of sp³-hybridized carbons (Fsp3) is 0.429. The number of nitrogens with zero attached hydrogens (tertiary/aromatic N) is 6. The number of hydrogen-bond acceptors (Lipinski definition) is 9. The molecule has 6 atom stereocenters. The number of halogens is 3. The van der Waals surface area contributed by atoms with E-state index >= 15 is 18.4 Å². The van der Waals surface area contributed by atoms with Crippen LogP contribution in [-0.4, -0.2) is 131 Å². The van der Waals surface area contributed by atoms with Crippen molar-refractivity contribution in [3.63, 3.8) is 0 Å². The van der Waals surface area contributed by atoms with E-state index in [1.165, 1.54) is 18.9 Å². The number of amides is 5. The van der Waals surface area contributed by atoms with Crippen LogP contribution >= 0.6 is 11.6 Å². The summed E-state index contributed by atoms with van der Waals surface area (Å²) in [5.41, 5.74) is 3.01. The first-order valence-corrected chi connectivity index (χ1v) is 25.4. The van der Waals surface area contributed by atoms with Gasteiger partial charge in [0.2, 0.25) is 29.5 Å². The maximum absolute atomic E-state index is 16.4. The Hall–Kier alpha value is -6.69. The average molecular weight is 1040 g/mol. The van der Waals surface area contributed by atoms with Crippen LogP contribution in [0.2, 0.25) is 5.02 Å². The summed E-state index contributed by atoms with van der Waals surface area (Å²) in [4.78, 5) is 84.3. The number of carbonyl (C=O) groups is 5. The van der Waals surface area contributed by atoms with E-state index in [1.807, 2.05) is 73.1 Å². The number of benzene rings is 4. The molecule has 15 nitrogen and oxygen atoms in total. The quantitative estimate of drug-likeness (QED) is 0.123. The van der Waals surface area contributed by atoms with E-state index in [0.29, 0.717) is 30.5 Å². The highest BCUT2D eigenvalue weighted by Gasteiger charge is 2.39. The first kappa shape index (κ1) is 55.1. The molecule has 2 fully saturated rings. The van der Waals surface area contributed by atoms with Crippen molar-refractivity contribution in [3.8, 4) is 22.8 Å². The molecule has 5 amide bonds. The van der Waals surface area contributed by atoms with E-state index in [1.54, 1.807) is 61.6 Å². The van der Waals surface area contributed by atoms with Gasteiger partial charge in [0, 0.05) is 75.9 Å². The fourth-order valence-corrected chi connectivity index (χ4v) is 10.1. The fourth-order valence-electron chi connectivity index (χ4n) is 9.99. The van der Waals surface area contributed by atoms with Crippen LogP contribution in [0.5, 0.6) is 11.5 Å². The molecule has 1 aliphatic heterocycles. The van der Waals surface area contributed by atoms with Crippen LogP contribution in [0.15, 0.2) is 97.2 Å². The van der Waals surface area contributed by atoms with Gasteiger partial charge in [-0.15, -0.1) is 0 Å². The van der Waals surface area contributed by atoms with Crippen LogP contribution < -0.4 is 15.4 Å². The number of carbonyl (C=O) groups excluding carboxylic acids is 5. The number of imidazole rings is 1. The van der Waals surface area contributed by atoms with Crippen LogP contribution in [0, 0.1) is 17.6 Å². The van der Waals surface area contributed by atoms with Crippen molar-refractivity contribution < 1.29 is 42.2 Å². The van der Waals surface area contributed by atoms with E-state index in [0.717, 1.165) is 52.0 Å². The summed E-state index contributed by atoms with van der Waals surface area (Å²) in [6.07, 6.45) is 4.44. The van der Waals surface area contributed by atoms with Crippen molar-refractivity contribution in [2.45, 2.75) is 102 Å². The molecule has 74 heavy (non-hydrogen) atoms. The molecule has 2 N–H and O–H groups in total. The Morgan fingerprint density at radius 3 is 2.19 bits per heavy atom. The Bertz CT molecular complexity index is 2760. The summed E-state index contributed by atoms with van der Waals surface area (Å²) < 4.78 is 45.3. The van der Waals surface area contributed by atoms with Crippen molar-refractivity contribution in [2.75, 3.05) is 41.9 Å². The molecule has 5 aromatic rings. The molecule has 1 saturated heterocycles. The molecule has 7 rings (SSSR count). The van der Waals surface area contributed by atoms with Gasteiger partial charge in [0.25, 0.3) is 0 Å². The molecule has 0 spiro atoms. The second-order valence-electron chi connectivity index (χ2n) is 19.8. The Morgan fingerprint density at radius 2 is 1.50 bits per heavy atom. The number of methoxy groups -OCH3 is 1. The van der Waals surface area contributed by atoms with E-state index in [9.17, 15) is 14.4 Å². The highest BCUT2D eigenvalue weighted by Crippen LogP contribution is 2.33. The average Bonchev–Trinajstić information content (AvgIpc) is 3.73. The third-order valence-corrected chi connectivity index (χ3v) is 14.5. The summed E-state index contributed by atoms with van der Waals surface area (Å²) >= 11 is 6.22. The van der Waals surface area contributed by atoms with Crippen molar-refractivity contribution in [1.29, 1.82) is 0 Å². The molecular formula is C56H67ClF2N8O7. The first-order chi connectivity index (χ1) is 35.4. The molecule has 1 aromatic heterocycles. The summed E-state index contributed by atoms with van der Waals surface area (Å²) in [5.74, 6) is -4.82. The summed E-state index contributed by atoms with van der Waals surface area (Å²) in [5, 5.41) is 6.49. The molecular weight excluding hydrogens is 970 g/mol. The van der Waals surface area contributed by atoms with Gasteiger partial charge < -0.3 is 44.3 Å². The van der Waals surface area contributed by atoms with E-state index in [2.05, 4.69) is 15.6 Å². The molecule has 394 valence electrons. The van der Waals surface area contributed by atoms with Gasteiger partial charge in [-0.2, -0.15) is 0 Å². The Kier molecular flexibility index (Phi) is 18.6. The number of fused-ring (bicyclic) bond motifs is 1. The monoisotopic (exact) mass is 1040 g/mol. The van der Waals surface area contributed by atoms with Crippen LogP contribution in [0.4, 0.5) is 8.78 Å². The Morgan fingerprint density at radius 1 is 0.811 bits per heavy atom. The van der Waals surface area contributed by atoms with Gasteiger partial charge in [-0.25, -0.2) is 13.8 Å². The zero-order valence-electron chi connectivity index (χ0n) is 43.2. The van der Waals surface area contributed by atoms with Crippen LogP contribution in [-0.2, 0) is 61.7 Å². The highest BCUT2D eigenvalue weighted by molar-refractivity contribution is 6.30. The Labute approximate surface area is 437 Å². The van der Waals surface area contributed by atoms with Gasteiger partial charge in [0.05, 0.1) is 49.1 Å². The minimum Gasteiger partial charge on any atom is -0.457 e. The van der Waals surface area contributed by atoms with Gasteiger partial charge in [0.1, 0.15) is 41.0 Å². The number of hydrogen-bond donors (Lipinski definition) is 2. The van der Waals surface area contributed by atoms with Crippen LogP contribution in [0.1, 0.15) is 68.0 Å². The number of likely N-dealkylation sites (N-methyl/N-ethyl adjacent to an activating group) is 2. The minimum absolute atomic E-state index is 0.102. The normalized spacial score (nSPS) is 21.8. The smallest absolute Gasteiger partial charge is 0.247 e. The Balaban J connectivity index is 1.27. The first-order valence-electron chi connectivity index (χ1n) is 25.0. The second kappa shape index (κ2) is 25.0. The van der Waals surface area contributed by atoms with E-state index < -0.39 is 78.4 Å². The summed E-state index contributed by atoms with van der Waals surface area (Å²) in [6.45, 7) is 1.19. The molecule has 2 heterocycles. The molecule has 0 unspecified atom stereocenters.